The molecule has 0 saturated carbocycles. The van der Waals surface area contributed by atoms with E-state index in [1.54, 1.807) is 17.8 Å². The molecule has 0 N–H and O–H groups in total. The van der Waals surface area contributed by atoms with E-state index in [-0.39, 0.29) is 0 Å². The normalized spacial score (nSPS) is 9.00. The van der Waals surface area contributed by atoms with Gasteiger partial charge in [-0.25, -0.2) is 0 Å². The molecule has 1 radical (unpaired) electrons. The highest BCUT2D eigenvalue weighted by molar-refractivity contribution is 7.98. The number of benzene rings is 1. The largest absolute Gasteiger partial charge is 0.192 e. The molecular weight excluding hydrogens is 166 g/mol. The Balaban J connectivity index is 3.21. The molecule has 12 heavy (non-hydrogen) atoms. The van der Waals surface area contributed by atoms with Crippen molar-refractivity contribution in [2.45, 2.75) is 4.90 Å². The van der Waals surface area contributed by atoms with Crippen LogP contribution in [0.15, 0.2) is 29.7 Å². The summed E-state index contributed by atoms with van der Waals surface area (Å²) in [5.74, 6) is 0. The summed E-state index contributed by atoms with van der Waals surface area (Å²) >= 11 is 1.61. The maximum absolute atomic E-state index is 8.67. The van der Waals surface area contributed by atoms with Crippen LogP contribution in [0.1, 0.15) is 11.1 Å². The number of hydrogen-bond donors (Lipinski definition) is 0. The van der Waals surface area contributed by atoms with Crippen molar-refractivity contribution in [2.24, 2.45) is 0 Å². The second kappa shape index (κ2) is 3.99. The fourth-order valence-electron chi connectivity index (χ4n) is 0.884. The van der Waals surface area contributed by atoms with Crippen LogP contribution in [0.4, 0.5) is 0 Å². The van der Waals surface area contributed by atoms with E-state index in [4.69, 9.17) is 5.26 Å². The van der Waals surface area contributed by atoms with E-state index in [1.807, 2.05) is 18.4 Å². The van der Waals surface area contributed by atoms with Crippen LogP contribution in [-0.2, 0) is 0 Å². The average molecular weight is 174 g/mol. The second-order valence-corrected chi connectivity index (χ2v) is 3.12. The monoisotopic (exact) mass is 174 g/mol. The first-order chi connectivity index (χ1) is 5.80. The third-order valence-corrected chi connectivity index (χ3v) is 2.18. The van der Waals surface area contributed by atoms with E-state index in [0.717, 1.165) is 10.5 Å². The van der Waals surface area contributed by atoms with Crippen LogP contribution in [0.2, 0.25) is 0 Å². The highest BCUT2D eigenvalue weighted by atomic mass is 32.2. The summed E-state index contributed by atoms with van der Waals surface area (Å²) in [7, 11) is 0. The number of rotatable bonds is 2. The Morgan fingerprint density at radius 2 is 2.00 bits per heavy atom. The lowest BCUT2D eigenvalue weighted by atomic mass is 10.1. The molecule has 1 aromatic carbocycles. The van der Waals surface area contributed by atoms with Crippen LogP contribution in [0, 0.1) is 17.4 Å². The Morgan fingerprint density at radius 3 is 2.50 bits per heavy atom. The molecule has 0 aliphatic carbocycles. The van der Waals surface area contributed by atoms with Crippen molar-refractivity contribution in [3.05, 3.63) is 42.0 Å². The van der Waals surface area contributed by atoms with E-state index in [2.05, 4.69) is 18.7 Å². The molecule has 0 spiro atoms. The van der Waals surface area contributed by atoms with E-state index in [1.165, 1.54) is 0 Å². The molecule has 1 nitrogen and oxygen atoms in total. The number of nitrogens with zero attached hydrogens (tertiary/aromatic N) is 1. The van der Waals surface area contributed by atoms with Crippen molar-refractivity contribution in [1.82, 2.24) is 0 Å². The van der Waals surface area contributed by atoms with Gasteiger partial charge in [0.05, 0.1) is 11.6 Å². The smallest absolute Gasteiger partial charge is 0.0992 e. The summed E-state index contributed by atoms with van der Waals surface area (Å²) in [5, 5.41) is 8.67. The molecule has 2 heteroatoms. The van der Waals surface area contributed by atoms with Crippen LogP contribution in [0.5, 0.6) is 0 Å². The summed E-state index contributed by atoms with van der Waals surface area (Å²) in [4.78, 5) is 1.07. The average Bonchev–Trinajstić information content (AvgIpc) is 2.16. The molecule has 0 amide bonds. The Bertz CT molecular complexity index is 336. The molecule has 1 rings (SSSR count). The zero-order valence-corrected chi connectivity index (χ0v) is 7.61. The second-order valence-electron chi connectivity index (χ2n) is 2.24. The highest BCUT2D eigenvalue weighted by Gasteiger charge is 1.96. The van der Waals surface area contributed by atoms with Gasteiger partial charge in [-0.2, -0.15) is 5.26 Å². The molecule has 59 valence electrons. The molecule has 0 saturated heterocycles. The van der Waals surface area contributed by atoms with Gasteiger partial charge in [-0.3, -0.25) is 0 Å². The zero-order valence-electron chi connectivity index (χ0n) is 6.79. The molecule has 0 aliphatic heterocycles. The Labute approximate surface area is 76.7 Å². The minimum atomic E-state index is 0.660. The minimum Gasteiger partial charge on any atom is -0.192 e. The van der Waals surface area contributed by atoms with Crippen molar-refractivity contribution in [3.63, 3.8) is 0 Å². The van der Waals surface area contributed by atoms with Gasteiger partial charge in [0.2, 0.25) is 0 Å². The van der Waals surface area contributed by atoms with Gasteiger partial charge in [0.1, 0.15) is 0 Å². The van der Waals surface area contributed by atoms with Gasteiger partial charge >= 0.3 is 0 Å². The van der Waals surface area contributed by atoms with Gasteiger partial charge < -0.3 is 0 Å². The fourth-order valence-corrected chi connectivity index (χ4v) is 1.37. The fraction of sp³-hybridized carbons (Fsp3) is 0.100. The van der Waals surface area contributed by atoms with E-state index < -0.39 is 0 Å². The first kappa shape index (κ1) is 8.89. The Hall–Kier alpha value is -1.20. The molecule has 1 aromatic rings. The van der Waals surface area contributed by atoms with Crippen molar-refractivity contribution >= 4 is 11.8 Å². The lowest BCUT2D eigenvalue weighted by Gasteiger charge is -1.98. The summed E-state index contributed by atoms with van der Waals surface area (Å²) in [6.07, 6.45) is 4.74. The molecule has 0 unspecified atom stereocenters. The first-order valence-electron chi connectivity index (χ1n) is 3.42. The molecule has 0 heterocycles. The van der Waals surface area contributed by atoms with Crippen LogP contribution in [0.25, 0.3) is 0 Å². The molecule has 0 bridgehead atoms. The Morgan fingerprint density at radius 1 is 1.33 bits per heavy atom. The van der Waals surface area contributed by atoms with E-state index in [0.29, 0.717) is 5.56 Å². The van der Waals surface area contributed by atoms with Crippen molar-refractivity contribution in [2.75, 3.05) is 6.26 Å². The van der Waals surface area contributed by atoms with Crippen molar-refractivity contribution in [3.8, 4) is 6.07 Å². The van der Waals surface area contributed by atoms with E-state index in [9.17, 15) is 0 Å². The summed E-state index contributed by atoms with van der Waals surface area (Å²) in [6.45, 7) is 3.54. The van der Waals surface area contributed by atoms with Crippen LogP contribution < -0.4 is 0 Å². The molecular formula is C10H8NS. The van der Waals surface area contributed by atoms with Gasteiger partial charge in [-0.15, -0.1) is 11.8 Å². The van der Waals surface area contributed by atoms with E-state index >= 15 is 0 Å². The SMILES string of the molecule is C=[C]c1cc(C#N)cc(SC)c1. The third-order valence-electron chi connectivity index (χ3n) is 1.48. The van der Waals surface area contributed by atoms with Crippen LogP contribution >= 0.6 is 11.8 Å². The molecule has 0 fully saturated rings. The van der Waals surface area contributed by atoms with Crippen molar-refractivity contribution in [1.29, 1.82) is 5.26 Å². The van der Waals surface area contributed by atoms with Gasteiger partial charge in [-0.1, -0.05) is 6.58 Å². The lowest BCUT2D eigenvalue weighted by molar-refractivity contribution is 1.37. The summed E-state index contributed by atoms with van der Waals surface area (Å²) in [5.41, 5.74) is 1.53. The Kier molecular flexibility index (Phi) is 2.95. The maximum atomic E-state index is 8.67. The molecule has 0 aliphatic rings. The molecule has 0 atom stereocenters. The van der Waals surface area contributed by atoms with Gasteiger partial charge in [0.15, 0.2) is 0 Å². The highest BCUT2D eigenvalue weighted by Crippen LogP contribution is 2.18. The topological polar surface area (TPSA) is 23.8 Å². The predicted octanol–water partition coefficient (Wildman–Crippen LogP) is 2.62. The first-order valence-corrected chi connectivity index (χ1v) is 4.65. The number of hydrogen-bond acceptors (Lipinski definition) is 2. The third kappa shape index (κ3) is 1.90. The van der Waals surface area contributed by atoms with Gasteiger partial charge in [0.25, 0.3) is 0 Å². The molecule has 0 aromatic heterocycles. The predicted molar refractivity (Wildman–Crippen MR) is 50.9 cm³/mol. The number of thioether (sulfide) groups is 1. The van der Waals surface area contributed by atoms with Gasteiger partial charge in [-0.05, 0) is 36.1 Å². The number of nitriles is 1. The zero-order chi connectivity index (χ0) is 8.97. The summed E-state index contributed by atoms with van der Waals surface area (Å²) < 4.78 is 0. The lowest BCUT2D eigenvalue weighted by Crippen LogP contribution is -1.80. The van der Waals surface area contributed by atoms with Crippen LogP contribution in [-0.4, -0.2) is 6.26 Å². The quantitative estimate of drug-likeness (QED) is 0.643. The van der Waals surface area contributed by atoms with Gasteiger partial charge in [0, 0.05) is 4.90 Å². The van der Waals surface area contributed by atoms with Crippen molar-refractivity contribution < 1.29 is 0 Å². The minimum absolute atomic E-state index is 0.660. The van der Waals surface area contributed by atoms with Crippen LogP contribution in [0.3, 0.4) is 0 Å². The summed E-state index contributed by atoms with van der Waals surface area (Å²) in [6, 6.07) is 7.68. The standard InChI is InChI=1S/C10H8NS/c1-3-8-4-9(7-11)6-10(5-8)12-2/h4-6H,1H2,2H3. The maximum Gasteiger partial charge on any atom is 0.0992 e.